The molecule has 12 heteroatoms. The summed E-state index contributed by atoms with van der Waals surface area (Å²) in [7, 11) is 0. The van der Waals surface area contributed by atoms with Crippen molar-refractivity contribution in [1.82, 2.24) is 19.5 Å². The van der Waals surface area contributed by atoms with Gasteiger partial charge in [0.2, 0.25) is 0 Å². The average molecular weight is 524 g/mol. The van der Waals surface area contributed by atoms with E-state index in [1.807, 2.05) is 12.1 Å². The van der Waals surface area contributed by atoms with Crippen molar-refractivity contribution in [2.75, 3.05) is 25.0 Å². The summed E-state index contributed by atoms with van der Waals surface area (Å²) in [5.74, 6) is -1.29. The fourth-order valence-electron chi connectivity index (χ4n) is 3.97. The van der Waals surface area contributed by atoms with Gasteiger partial charge in [0.05, 0.1) is 11.1 Å². The number of anilines is 1. The van der Waals surface area contributed by atoms with Crippen LogP contribution in [-0.4, -0.2) is 50.8 Å². The number of Topliss-reactive ketones (excluding diaryl/α,β-unsaturated/α-hetero) is 1. The number of benzene rings is 1. The van der Waals surface area contributed by atoms with Crippen LogP contribution in [0.2, 0.25) is 5.02 Å². The van der Waals surface area contributed by atoms with E-state index < -0.39 is 17.6 Å². The first-order chi connectivity index (χ1) is 16.7. The molecular weight excluding hydrogens is 503 g/mol. The van der Waals surface area contributed by atoms with Gasteiger partial charge in [-0.2, -0.15) is 13.2 Å². The monoisotopic (exact) mass is 523 g/mol. The van der Waals surface area contributed by atoms with Crippen molar-refractivity contribution in [2.24, 2.45) is 0 Å². The Kier molecular flexibility index (Phi) is 7.78. The Morgan fingerprint density at radius 2 is 1.86 bits per heavy atom. The van der Waals surface area contributed by atoms with Crippen LogP contribution in [0.1, 0.15) is 57.2 Å². The van der Waals surface area contributed by atoms with E-state index in [4.69, 9.17) is 11.6 Å². The lowest BCUT2D eigenvalue weighted by Gasteiger charge is -2.23. The molecule has 3 aromatic rings. The van der Waals surface area contributed by atoms with Gasteiger partial charge in [0.1, 0.15) is 5.00 Å². The number of nitrogens with one attached hydrogen (secondary N) is 1. The van der Waals surface area contributed by atoms with E-state index in [9.17, 15) is 22.8 Å². The number of carbonyl (C=O) groups is 2. The van der Waals surface area contributed by atoms with Crippen LogP contribution >= 0.6 is 23.1 Å². The Morgan fingerprint density at radius 1 is 1.14 bits per heavy atom. The number of aromatic nitrogens is 3. The highest BCUT2D eigenvalue weighted by Gasteiger charge is 2.32. The number of likely N-dealkylation sites (tertiary alicyclic amines) is 1. The third-order valence-electron chi connectivity index (χ3n) is 5.76. The lowest BCUT2D eigenvalue weighted by atomic mass is 9.92. The first-order valence-electron chi connectivity index (χ1n) is 10.9. The van der Waals surface area contributed by atoms with E-state index in [0.717, 1.165) is 49.2 Å². The van der Waals surface area contributed by atoms with E-state index >= 15 is 0 Å². The summed E-state index contributed by atoms with van der Waals surface area (Å²) in [6, 6.07) is 8.03. The summed E-state index contributed by atoms with van der Waals surface area (Å²) in [5, 5.41) is 7.02. The molecule has 0 radical (unpaired) electrons. The van der Waals surface area contributed by atoms with Gasteiger partial charge in [-0.1, -0.05) is 28.2 Å². The van der Waals surface area contributed by atoms with E-state index in [1.54, 1.807) is 12.1 Å². The van der Waals surface area contributed by atoms with Gasteiger partial charge in [0.15, 0.2) is 11.5 Å². The Labute approximate surface area is 208 Å². The fourth-order valence-corrected chi connectivity index (χ4v) is 4.68. The third-order valence-corrected chi connectivity index (χ3v) is 6.65. The Hall–Kier alpha value is -2.89. The molecule has 184 valence electrons. The van der Waals surface area contributed by atoms with Crippen molar-refractivity contribution in [1.29, 1.82) is 0 Å². The SMILES string of the molecule is O=C(Nc1snnc1C(=O)C[C@H](CN1CCCC1)c1ccc(Cl)cc1)c1cncc(C(F)(F)F)c1. The van der Waals surface area contributed by atoms with Crippen LogP contribution in [0.4, 0.5) is 18.2 Å². The van der Waals surface area contributed by atoms with Gasteiger partial charge >= 0.3 is 6.18 Å². The average Bonchev–Trinajstić information content (AvgIpc) is 3.51. The zero-order chi connectivity index (χ0) is 25.0. The Morgan fingerprint density at radius 3 is 2.54 bits per heavy atom. The number of hydrogen-bond acceptors (Lipinski definition) is 7. The van der Waals surface area contributed by atoms with Crippen LogP contribution in [0.5, 0.6) is 0 Å². The van der Waals surface area contributed by atoms with Crippen LogP contribution in [0.15, 0.2) is 42.7 Å². The molecular formula is C23H21ClF3N5O2S. The van der Waals surface area contributed by atoms with Crippen molar-refractivity contribution in [3.05, 3.63) is 70.1 Å². The van der Waals surface area contributed by atoms with Crippen molar-refractivity contribution < 1.29 is 22.8 Å². The highest BCUT2D eigenvalue weighted by atomic mass is 35.5. The van der Waals surface area contributed by atoms with Gasteiger partial charge in [-0.05, 0) is 49.7 Å². The molecule has 0 saturated carbocycles. The smallest absolute Gasteiger partial charge is 0.310 e. The lowest BCUT2D eigenvalue weighted by molar-refractivity contribution is -0.137. The molecule has 0 unspecified atom stereocenters. The summed E-state index contributed by atoms with van der Waals surface area (Å²) < 4.78 is 42.7. The van der Waals surface area contributed by atoms with Gasteiger partial charge in [-0.25, -0.2) is 0 Å². The van der Waals surface area contributed by atoms with Crippen LogP contribution in [0.3, 0.4) is 0 Å². The van der Waals surface area contributed by atoms with Gasteiger partial charge in [-0.3, -0.25) is 14.6 Å². The van der Waals surface area contributed by atoms with Crippen molar-refractivity contribution in [3.8, 4) is 0 Å². The lowest BCUT2D eigenvalue weighted by Crippen LogP contribution is -2.27. The van der Waals surface area contributed by atoms with Crippen molar-refractivity contribution in [3.63, 3.8) is 0 Å². The number of ketones is 1. The first-order valence-corrected chi connectivity index (χ1v) is 12.0. The number of hydrogen-bond donors (Lipinski definition) is 1. The van der Waals surface area contributed by atoms with Gasteiger partial charge in [0.25, 0.3) is 5.91 Å². The molecule has 1 aliphatic rings. The van der Waals surface area contributed by atoms with Crippen LogP contribution in [0, 0.1) is 0 Å². The molecule has 1 aromatic carbocycles. The van der Waals surface area contributed by atoms with E-state index in [0.29, 0.717) is 23.8 Å². The second-order valence-corrected chi connectivity index (χ2v) is 9.44. The molecule has 1 aliphatic heterocycles. The summed E-state index contributed by atoms with van der Waals surface area (Å²) in [6.45, 7) is 2.61. The van der Waals surface area contributed by atoms with Gasteiger partial charge in [0, 0.05) is 47.8 Å². The van der Waals surface area contributed by atoms with Crippen molar-refractivity contribution >= 4 is 39.8 Å². The molecule has 2 aromatic heterocycles. The molecule has 1 N–H and O–H groups in total. The summed E-state index contributed by atoms with van der Waals surface area (Å²) >= 11 is 6.81. The summed E-state index contributed by atoms with van der Waals surface area (Å²) in [6.07, 6.45) is -0.639. The highest BCUT2D eigenvalue weighted by molar-refractivity contribution is 7.10. The minimum Gasteiger partial charge on any atom is -0.310 e. The molecule has 0 bridgehead atoms. The van der Waals surface area contributed by atoms with Crippen LogP contribution in [0.25, 0.3) is 0 Å². The second kappa shape index (κ2) is 10.8. The number of alkyl halides is 3. The minimum absolute atomic E-state index is 0.0244. The standard InChI is InChI=1S/C23H21ClF3N5O2S/c24-18-5-3-14(4-6-18)16(13-32-7-1-2-8-32)10-19(33)20-22(35-31-30-20)29-21(34)15-9-17(12-28-11-15)23(25,26)27/h3-6,9,11-12,16H,1-2,7-8,10,13H2,(H,29,34)/t16-/m1/s1. The molecule has 7 nitrogen and oxygen atoms in total. The van der Waals surface area contributed by atoms with Crippen LogP contribution < -0.4 is 5.32 Å². The predicted octanol–water partition coefficient (Wildman–Crippen LogP) is 5.31. The minimum atomic E-state index is -4.64. The molecule has 1 saturated heterocycles. The molecule has 0 aliphatic carbocycles. The largest absolute Gasteiger partial charge is 0.417 e. The van der Waals surface area contributed by atoms with Crippen LogP contribution in [-0.2, 0) is 6.18 Å². The number of pyridine rings is 1. The normalized spacial score (nSPS) is 15.2. The molecule has 1 amide bonds. The zero-order valence-electron chi connectivity index (χ0n) is 18.4. The topological polar surface area (TPSA) is 88.1 Å². The molecule has 1 fully saturated rings. The second-order valence-electron chi connectivity index (χ2n) is 8.25. The van der Waals surface area contributed by atoms with Gasteiger partial charge < -0.3 is 10.2 Å². The van der Waals surface area contributed by atoms with E-state index in [2.05, 4.69) is 24.8 Å². The first kappa shape index (κ1) is 25.2. The molecule has 4 rings (SSSR count). The molecule has 35 heavy (non-hydrogen) atoms. The maximum Gasteiger partial charge on any atom is 0.417 e. The predicted molar refractivity (Wildman–Crippen MR) is 126 cm³/mol. The molecule has 0 spiro atoms. The maximum atomic E-state index is 13.2. The number of carbonyl (C=O) groups excluding carboxylic acids is 2. The summed E-state index contributed by atoms with van der Waals surface area (Å²) in [5.41, 5.74) is -0.404. The quantitative estimate of drug-likeness (QED) is 0.403. The third kappa shape index (κ3) is 6.41. The zero-order valence-corrected chi connectivity index (χ0v) is 20.0. The Balaban J connectivity index is 1.50. The van der Waals surface area contributed by atoms with E-state index in [-0.39, 0.29) is 34.4 Å². The Bertz CT molecular complexity index is 1200. The van der Waals surface area contributed by atoms with Gasteiger partial charge in [-0.15, -0.1) is 5.10 Å². The summed E-state index contributed by atoms with van der Waals surface area (Å²) in [4.78, 5) is 31.6. The van der Waals surface area contributed by atoms with Crippen molar-refractivity contribution in [2.45, 2.75) is 31.4 Å². The molecule has 3 heterocycles. The number of halogens is 4. The highest BCUT2D eigenvalue weighted by Crippen LogP contribution is 2.30. The molecule has 1 atom stereocenters. The maximum absolute atomic E-state index is 13.2. The van der Waals surface area contributed by atoms with E-state index in [1.165, 1.54) is 0 Å². The number of rotatable bonds is 8. The number of amides is 1. The number of nitrogens with zero attached hydrogens (tertiary/aromatic N) is 4. The fraction of sp³-hybridized carbons (Fsp3) is 0.348.